The van der Waals surface area contributed by atoms with Crippen molar-refractivity contribution in [3.63, 3.8) is 0 Å². The lowest BCUT2D eigenvalue weighted by molar-refractivity contribution is -0.118. The number of nitrogens with one attached hydrogen (secondary N) is 2. The van der Waals surface area contributed by atoms with Gasteiger partial charge in [0.2, 0.25) is 5.91 Å². The zero-order valence-corrected chi connectivity index (χ0v) is 16.4. The van der Waals surface area contributed by atoms with E-state index in [0.717, 1.165) is 11.4 Å². The Labute approximate surface area is 160 Å². The maximum Gasteiger partial charge on any atom is 0.252 e. The molecule has 6 heteroatoms. The number of hydrogen-bond donors (Lipinski definition) is 3. The minimum atomic E-state index is -0.115. The Morgan fingerprint density at radius 1 is 1.19 bits per heavy atom. The topological polar surface area (TPSA) is 84.2 Å². The van der Waals surface area contributed by atoms with Crippen LogP contribution < -0.4 is 16.4 Å². The molecule has 1 aliphatic rings. The average Bonchev–Trinajstić information content (AvgIpc) is 2.69. The van der Waals surface area contributed by atoms with Crippen molar-refractivity contribution < 1.29 is 9.59 Å². The van der Waals surface area contributed by atoms with Crippen LogP contribution in [0.2, 0.25) is 0 Å². The largest absolute Gasteiger partial charge is 0.355 e. The lowest BCUT2D eigenvalue weighted by Crippen LogP contribution is -2.32. The molecule has 1 aliphatic carbocycles. The summed E-state index contributed by atoms with van der Waals surface area (Å²) in [5.41, 5.74) is 6.20. The second kappa shape index (κ2) is 11.2. The fourth-order valence-electron chi connectivity index (χ4n) is 3.07. The van der Waals surface area contributed by atoms with E-state index in [1.54, 1.807) is 6.07 Å². The van der Waals surface area contributed by atoms with Gasteiger partial charge in [0, 0.05) is 18.0 Å². The first-order valence-electron chi connectivity index (χ1n) is 9.57. The Bertz CT molecular complexity index is 588. The predicted molar refractivity (Wildman–Crippen MR) is 107 cm³/mol. The number of carbonyl (C=O) groups is 2. The number of thioether (sulfide) groups is 1. The number of amides is 2. The molecule has 4 N–H and O–H groups in total. The minimum absolute atomic E-state index is 0.0348. The summed E-state index contributed by atoms with van der Waals surface area (Å²) in [7, 11) is 0. The van der Waals surface area contributed by atoms with Crippen LogP contribution in [0, 0.1) is 11.8 Å². The third kappa shape index (κ3) is 7.00. The lowest BCUT2D eigenvalue weighted by atomic mass is 9.89. The summed E-state index contributed by atoms with van der Waals surface area (Å²) in [5, 5.41) is 5.96. The summed E-state index contributed by atoms with van der Waals surface area (Å²) in [5.74, 6) is 1.11. The van der Waals surface area contributed by atoms with Gasteiger partial charge >= 0.3 is 0 Å². The van der Waals surface area contributed by atoms with E-state index in [0.29, 0.717) is 30.3 Å². The molecule has 1 aromatic rings. The highest BCUT2D eigenvalue weighted by molar-refractivity contribution is 8.00. The Morgan fingerprint density at radius 3 is 2.65 bits per heavy atom. The molecule has 1 atom stereocenters. The molecule has 0 spiro atoms. The van der Waals surface area contributed by atoms with Crippen molar-refractivity contribution in [2.45, 2.75) is 43.9 Å². The summed E-state index contributed by atoms with van der Waals surface area (Å²) in [6, 6.07) is 7.42. The lowest BCUT2D eigenvalue weighted by Gasteiger charge is -2.21. The molecule has 0 saturated heterocycles. The summed E-state index contributed by atoms with van der Waals surface area (Å²) in [6.07, 6.45) is 6.32. The smallest absolute Gasteiger partial charge is 0.252 e. The molecule has 2 rings (SSSR count). The number of rotatable bonds is 9. The first kappa shape index (κ1) is 20.8. The van der Waals surface area contributed by atoms with E-state index < -0.39 is 0 Å². The Kier molecular flexibility index (Phi) is 8.98. The monoisotopic (exact) mass is 377 g/mol. The molecule has 144 valence electrons. The first-order chi connectivity index (χ1) is 12.6. The van der Waals surface area contributed by atoms with Crippen LogP contribution in [-0.2, 0) is 4.79 Å². The van der Waals surface area contributed by atoms with Gasteiger partial charge in [-0.2, -0.15) is 0 Å². The van der Waals surface area contributed by atoms with Crippen molar-refractivity contribution in [1.29, 1.82) is 0 Å². The zero-order valence-electron chi connectivity index (χ0n) is 15.6. The van der Waals surface area contributed by atoms with Crippen LogP contribution in [0.4, 0.5) is 0 Å². The van der Waals surface area contributed by atoms with Gasteiger partial charge < -0.3 is 16.4 Å². The van der Waals surface area contributed by atoms with Gasteiger partial charge in [0.05, 0.1) is 11.3 Å². The van der Waals surface area contributed by atoms with Crippen molar-refractivity contribution in [2.75, 3.05) is 25.4 Å². The van der Waals surface area contributed by atoms with E-state index in [4.69, 9.17) is 5.73 Å². The molecule has 2 amide bonds. The molecule has 0 aromatic heterocycles. The van der Waals surface area contributed by atoms with Gasteiger partial charge in [-0.1, -0.05) is 38.3 Å². The summed E-state index contributed by atoms with van der Waals surface area (Å²) in [4.78, 5) is 25.4. The maximum absolute atomic E-state index is 12.4. The van der Waals surface area contributed by atoms with Gasteiger partial charge in [0.1, 0.15) is 0 Å². The normalized spacial score (nSPS) is 16.1. The zero-order chi connectivity index (χ0) is 18.8. The minimum Gasteiger partial charge on any atom is -0.355 e. The van der Waals surface area contributed by atoms with Crippen molar-refractivity contribution in [1.82, 2.24) is 10.6 Å². The number of benzene rings is 1. The number of nitrogens with two attached hydrogens (primary N) is 1. The Morgan fingerprint density at radius 2 is 1.92 bits per heavy atom. The molecule has 0 bridgehead atoms. The van der Waals surface area contributed by atoms with Gasteiger partial charge in [-0.25, -0.2) is 0 Å². The van der Waals surface area contributed by atoms with Crippen LogP contribution in [-0.4, -0.2) is 37.2 Å². The number of carbonyl (C=O) groups excluding carboxylic acids is 2. The first-order valence-corrected chi connectivity index (χ1v) is 10.6. The quantitative estimate of drug-likeness (QED) is 0.578. The molecular formula is C20H31N3O2S. The van der Waals surface area contributed by atoms with Gasteiger partial charge in [-0.15, -0.1) is 11.8 Å². The SMILES string of the molecule is CC(CN)CNC(=O)c1ccccc1SCC(=O)NCC1CCCCC1. The highest BCUT2D eigenvalue weighted by atomic mass is 32.2. The second-order valence-electron chi connectivity index (χ2n) is 7.14. The summed E-state index contributed by atoms with van der Waals surface area (Å²) in [6.45, 7) is 3.87. The van der Waals surface area contributed by atoms with Gasteiger partial charge in [0.25, 0.3) is 5.91 Å². The van der Waals surface area contributed by atoms with Gasteiger partial charge in [-0.05, 0) is 43.4 Å². The molecule has 26 heavy (non-hydrogen) atoms. The molecule has 0 heterocycles. The van der Waals surface area contributed by atoms with Gasteiger partial charge in [0.15, 0.2) is 0 Å². The van der Waals surface area contributed by atoms with E-state index in [1.807, 2.05) is 25.1 Å². The van der Waals surface area contributed by atoms with Gasteiger partial charge in [-0.3, -0.25) is 9.59 Å². The highest BCUT2D eigenvalue weighted by Gasteiger charge is 2.16. The van der Waals surface area contributed by atoms with Crippen LogP contribution in [0.25, 0.3) is 0 Å². The van der Waals surface area contributed by atoms with Crippen LogP contribution >= 0.6 is 11.8 Å². The van der Waals surface area contributed by atoms with E-state index in [-0.39, 0.29) is 17.7 Å². The number of hydrogen-bond acceptors (Lipinski definition) is 4. The molecule has 1 unspecified atom stereocenters. The molecule has 0 aliphatic heterocycles. The fourth-order valence-corrected chi connectivity index (χ4v) is 3.95. The molecule has 1 aromatic carbocycles. The third-order valence-corrected chi connectivity index (χ3v) is 5.89. The van der Waals surface area contributed by atoms with Crippen molar-refractivity contribution in [3.8, 4) is 0 Å². The van der Waals surface area contributed by atoms with E-state index in [1.165, 1.54) is 43.9 Å². The van der Waals surface area contributed by atoms with Crippen LogP contribution in [0.5, 0.6) is 0 Å². The predicted octanol–water partition coefficient (Wildman–Crippen LogP) is 2.80. The molecule has 1 saturated carbocycles. The van der Waals surface area contributed by atoms with Crippen molar-refractivity contribution >= 4 is 23.6 Å². The second-order valence-corrected chi connectivity index (χ2v) is 8.16. The standard InChI is InChI=1S/C20H31N3O2S/c1-15(11-21)12-23-20(25)17-9-5-6-10-18(17)26-14-19(24)22-13-16-7-3-2-4-8-16/h5-6,9-10,15-16H,2-4,7-8,11-14,21H2,1H3,(H,22,24)(H,23,25). The van der Waals surface area contributed by atoms with Crippen LogP contribution in [0.1, 0.15) is 49.4 Å². The van der Waals surface area contributed by atoms with Crippen molar-refractivity contribution in [2.24, 2.45) is 17.6 Å². The van der Waals surface area contributed by atoms with Crippen LogP contribution in [0.3, 0.4) is 0 Å². The Balaban J connectivity index is 1.81. The summed E-state index contributed by atoms with van der Waals surface area (Å²) < 4.78 is 0. The Hall–Kier alpha value is -1.53. The molecule has 0 radical (unpaired) electrons. The van der Waals surface area contributed by atoms with E-state index >= 15 is 0 Å². The molecule has 5 nitrogen and oxygen atoms in total. The fraction of sp³-hybridized carbons (Fsp3) is 0.600. The molecular weight excluding hydrogens is 346 g/mol. The molecule has 1 fully saturated rings. The van der Waals surface area contributed by atoms with E-state index in [9.17, 15) is 9.59 Å². The maximum atomic E-state index is 12.4. The van der Waals surface area contributed by atoms with Crippen LogP contribution in [0.15, 0.2) is 29.2 Å². The highest BCUT2D eigenvalue weighted by Crippen LogP contribution is 2.24. The van der Waals surface area contributed by atoms with Crippen molar-refractivity contribution in [3.05, 3.63) is 29.8 Å². The summed E-state index contributed by atoms with van der Waals surface area (Å²) >= 11 is 1.41. The third-order valence-electron chi connectivity index (χ3n) is 4.82. The van der Waals surface area contributed by atoms with E-state index in [2.05, 4.69) is 10.6 Å². The average molecular weight is 378 g/mol.